The topological polar surface area (TPSA) is 42.1 Å². The molecule has 1 aromatic heterocycles. The molecule has 12 heavy (non-hydrogen) atoms. The molecule has 0 radical (unpaired) electrons. The maximum absolute atomic E-state index is 5.67. The second-order valence-electron chi connectivity index (χ2n) is 3.04. The van der Waals surface area contributed by atoms with Gasteiger partial charge in [-0.25, -0.2) is 4.98 Å². The molecule has 0 unspecified atom stereocenters. The lowest BCUT2D eigenvalue weighted by Crippen LogP contribution is -2.35. The van der Waals surface area contributed by atoms with Crippen molar-refractivity contribution in [2.24, 2.45) is 5.73 Å². The van der Waals surface area contributed by atoms with E-state index in [4.69, 9.17) is 5.73 Å². The highest BCUT2D eigenvalue weighted by Gasteiger charge is 2.24. The van der Waals surface area contributed by atoms with Gasteiger partial charge in [0.05, 0.1) is 0 Å². The van der Waals surface area contributed by atoms with Crippen LogP contribution in [0.4, 0.5) is 5.13 Å². The van der Waals surface area contributed by atoms with Crippen molar-refractivity contribution in [1.82, 2.24) is 4.98 Å². The highest BCUT2D eigenvalue weighted by atomic mass is 32.1. The van der Waals surface area contributed by atoms with Crippen molar-refractivity contribution >= 4 is 16.5 Å². The van der Waals surface area contributed by atoms with Crippen molar-refractivity contribution < 1.29 is 0 Å². The highest BCUT2D eigenvalue weighted by molar-refractivity contribution is 7.13. The summed E-state index contributed by atoms with van der Waals surface area (Å²) in [4.78, 5) is 6.61. The number of thiazole rings is 1. The van der Waals surface area contributed by atoms with Crippen LogP contribution in [0.25, 0.3) is 0 Å². The second-order valence-corrected chi connectivity index (χ2v) is 3.91. The summed E-state index contributed by atoms with van der Waals surface area (Å²) < 4.78 is 0. The van der Waals surface area contributed by atoms with Crippen LogP contribution in [-0.4, -0.2) is 24.1 Å². The first-order chi connectivity index (χ1) is 5.92. The minimum atomic E-state index is 0.524. The Bertz CT molecular complexity index is 234. The van der Waals surface area contributed by atoms with Crippen molar-refractivity contribution in [2.45, 2.75) is 18.9 Å². The lowest BCUT2D eigenvalue weighted by atomic mass is 10.2. The molecule has 4 heteroatoms. The van der Waals surface area contributed by atoms with Crippen molar-refractivity contribution in [1.29, 1.82) is 0 Å². The van der Waals surface area contributed by atoms with E-state index in [1.807, 2.05) is 11.6 Å². The summed E-state index contributed by atoms with van der Waals surface area (Å²) in [5, 5.41) is 3.14. The van der Waals surface area contributed by atoms with Crippen LogP contribution in [0.5, 0.6) is 0 Å². The Morgan fingerprint density at radius 3 is 3.33 bits per heavy atom. The molecule has 66 valence electrons. The average molecular weight is 183 g/mol. The predicted molar refractivity (Wildman–Crippen MR) is 51.5 cm³/mol. The summed E-state index contributed by atoms with van der Waals surface area (Å²) >= 11 is 1.70. The second kappa shape index (κ2) is 3.41. The van der Waals surface area contributed by atoms with Crippen LogP contribution in [-0.2, 0) is 0 Å². The molecule has 2 N–H and O–H groups in total. The van der Waals surface area contributed by atoms with E-state index < -0.39 is 0 Å². The number of hydrogen-bond donors (Lipinski definition) is 1. The lowest BCUT2D eigenvalue weighted by molar-refractivity contribution is 0.676. The van der Waals surface area contributed by atoms with Crippen LogP contribution in [0.2, 0.25) is 0 Å². The van der Waals surface area contributed by atoms with E-state index in [-0.39, 0.29) is 0 Å². The van der Waals surface area contributed by atoms with E-state index in [1.54, 1.807) is 11.3 Å². The van der Waals surface area contributed by atoms with Gasteiger partial charge in [0.1, 0.15) is 0 Å². The molecule has 1 aromatic rings. The SMILES string of the molecule is NC[C@H]1CCCN1c1nccs1. The van der Waals surface area contributed by atoms with Gasteiger partial charge in [0.25, 0.3) is 0 Å². The van der Waals surface area contributed by atoms with Gasteiger partial charge in [-0.1, -0.05) is 0 Å². The van der Waals surface area contributed by atoms with E-state index in [2.05, 4.69) is 9.88 Å². The fourth-order valence-electron chi connectivity index (χ4n) is 1.69. The quantitative estimate of drug-likeness (QED) is 0.745. The zero-order chi connectivity index (χ0) is 8.39. The predicted octanol–water partition coefficient (Wildman–Crippen LogP) is 1.07. The number of nitrogens with zero attached hydrogens (tertiary/aromatic N) is 2. The van der Waals surface area contributed by atoms with Crippen molar-refractivity contribution in [2.75, 3.05) is 18.0 Å². The third-order valence-corrected chi connectivity index (χ3v) is 3.12. The van der Waals surface area contributed by atoms with Gasteiger partial charge in [-0.15, -0.1) is 11.3 Å². The molecule has 1 saturated heterocycles. The Hall–Kier alpha value is -0.610. The third kappa shape index (κ3) is 1.32. The number of nitrogens with two attached hydrogens (primary N) is 1. The number of aromatic nitrogens is 1. The molecule has 0 aliphatic carbocycles. The lowest BCUT2D eigenvalue weighted by Gasteiger charge is -2.22. The van der Waals surface area contributed by atoms with Crippen LogP contribution in [0, 0.1) is 0 Å². The Labute approximate surface area is 76.2 Å². The third-order valence-electron chi connectivity index (χ3n) is 2.31. The molecule has 3 nitrogen and oxygen atoms in total. The maximum Gasteiger partial charge on any atom is 0.185 e. The molecule has 1 atom stereocenters. The van der Waals surface area contributed by atoms with Crippen LogP contribution in [0.1, 0.15) is 12.8 Å². The standard InChI is InChI=1S/C8H13N3S/c9-6-7-2-1-4-11(7)8-10-3-5-12-8/h3,5,7H,1-2,4,6,9H2/t7-/m1/s1. The molecule has 0 aromatic carbocycles. The first kappa shape index (κ1) is 8.01. The minimum absolute atomic E-state index is 0.524. The molecule has 2 rings (SSSR count). The summed E-state index contributed by atoms with van der Waals surface area (Å²) in [5.41, 5.74) is 5.67. The average Bonchev–Trinajstić information content (AvgIpc) is 2.74. The summed E-state index contributed by atoms with van der Waals surface area (Å²) in [6, 6.07) is 0.524. The molecule has 1 aliphatic rings. The van der Waals surface area contributed by atoms with Gasteiger partial charge in [-0.3, -0.25) is 0 Å². The van der Waals surface area contributed by atoms with E-state index in [0.29, 0.717) is 6.04 Å². The first-order valence-electron chi connectivity index (χ1n) is 4.28. The van der Waals surface area contributed by atoms with Gasteiger partial charge in [-0.05, 0) is 12.8 Å². The van der Waals surface area contributed by atoms with Gasteiger partial charge in [0.2, 0.25) is 0 Å². The normalized spacial score (nSPS) is 23.4. The monoisotopic (exact) mass is 183 g/mol. The molecule has 0 bridgehead atoms. The molecule has 1 fully saturated rings. The van der Waals surface area contributed by atoms with E-state index in [1.165, 1.54) is 12.8 Å². The fraction of sp³-hybridized carbons (Fsp3) is 0.625. The van der Waals surface area contributed by atoms with E-state index in [9.17, 15) is 0 Å². The Morgan fingerprint density at radius 2 is 2.67 bits per heavy atom. The molecule has 0 saturated carbocycles. The van der Waals surface area contributed by atoms with E-state index >= 15 is 0 Å². The smallest absolute Gasteiger partial charge is 0.185 e. The minimum Gasteiger partial charge on any atom is -0.344 e. The molecular formula is C8H13N3S. The van der Waals surface area contributed by atoms with E-state index in [0.717, 1.165) is 18.2 Å². The fourth-order valence-corrected chi connectivity index (χ4v) is 2.43. The summed E-state index contributed by atoms with van der Waals surface area (Å²) in [6.07, 6.45) is 4.32. The number of hydrogen-bond acceptors (Lipinski definition) is 4. The maximum atomic E-state index is 5.67. The highest BCUT2D eigenvalue weighted by Crippen LogP contribution is 2.26. The molecule has 0 spiro atoms. The summed E-state index contributed by atoms with van der Waals surface area (Å²) in [6.45, 7) is 1.87. The van der Waals surface area contributed by atoms with Gasteiger partial charge >= 0.3 is 0 Å². The Morgan fingerprint density at radius 1 is 1.75 bits per heavy atom. The summed E-state index contributed by atoms with van der Waals surface area (Å²) in [7, 11) is 0. The molecule has 2 heterocycles. The van der Waals surface area contributed by atoms with Crippen LogP contribution >= 0.6 is 11.3 Å². The zero-order valence-corrected chi connectivity index (χ0v) is 7.76. The van der Waals surface area contributed by atoms with Crippen molar-refractivity contribution in [3.8, 4) is 0 Å². The van der Waals surface area contributed by atoms with Crippen LogP contribution < -0.4 is 10.6 Å². The van der Waals surface area contributed by atoms with Gasteiger partial charge in [0, 0.05) is 30.7 Å². The van der Waals surface area contributed by atoms with Crippen LogP contribution in [0.3, 0.4) is 0 Å². The molecule has 0 amide bonds. The Kier molecular flexibility index (Phi) is 2.28. The largest absolute Gasteiger partial charge is 0.344 e. The van der Waals surface area contributed by atoms with Crippen LogP contribution in [0.15, 0.2) is 11.6 Å². The van der Waals surface area contributed by atoms with Crippen molar-refractivity contribution in [3.05, 3.63) is 11.6 Å². The summed E-state index contributed by atoms with van der Waals surface area (Å²) in [5.74, 6) is 0. The number of rotatable bonds is 2. The first-order valence-corrected chi connectivity index (χ1v) is 5.16. The molecular weight excluding hydrogens is 170 g/mol. The van der Waals surface area contributed by atoms with Gasteiger partial charge in [0.15, 0.2) is 5.13 Å². The zero-order valence-electron chi connectivity index (χ0n) is 6.94. The van der Waals surface area contributed by atoms with Gasteiger partial charge < -0.3 is 10.6 Å². The van der Waals surface area contributed by atoms with Crippen molar-refractivity contribution in [3.63, 3.8) is 0 Å². The Balaban J connectivity index is 2.13. The number of anilines is 1. The van der Waals surface area contributed by atoms with Gasteiger partial charge in [-0.2, -0.15) is 0 Å². The molecule has 1 aliphatic heterocycles.